The van der Waals surface area contributed by atoms with Gasteiger partial charge >= 0.3 is 6.09 Å². The van der Waals surface area contributed by atoms with E-state index in [0.717, 1.165) is 45.6 Å². The molecule has 6 heteroatoms. The lowest BCUT2D eigenvalue weighted by Crippen LogP contribution is -2.49. The number of carbonyl (C=O) groups is 1. The van der Waals surface area contributed by atoms with E-state index in [2.05, 4.69) is 4.90 Å². The Morgan fingerprint density at radius 2 is 2.00 bits per heavy atom. The smallest absolute Gasteiger partial charge is 0.409 e. The molecule has 0 unspecified atom stereocenters. The molecule has 0 atom stereocenters. The Labute approximate surface area is 108 Å². The first-order valence-corrected chi connectivity index (χ1v) is 6.46. The second-order valence-electron chi connectivity index (χ2n) is 4.10. The van der Waals surface area contributed by atoms with Crippen LogP contribution in [0.25, 0.3) is 0 Å². The molecule has 2 N–H and O–H groups in total. The highest BCUT2D eigenvalue weighted by Crippen LogP contribution is 2.05. The van der Waals surface area contributed by atoms with Crippen LogP contribution < -0.4 is 5.73 Å². The van der Waals surface area contributed by atoms with Crippen molar-refractivity contribution >= 4 is 23.3 Å². The second kappa shape index (κ2) is 7.45. The molecule has 1 aliphatic rings. The maximum Gasteiger partial charge on any atom is 0.409 e. The maximum atomic E-state index is 11.5. The number of amides is 1. The largest absolute Gasteiger partial charge is 0.450 e. The van der Waals surface area contributed by atoms with Gasteiger partial charge in [-0.3, -0.25) is 4.90 Å². The molecule has 17 heavy (non-hydrogen) atoms. The average molecular weight is 259 g/mol. The molecule has 1 aliphatic heterocycles. The lowest BCUT2D eigenvalue weighted by Gasteiger charge is -2.33. The van der Waals surface area contributed by atoms with Crippen molar-refractivity contribution in [3.8, 4) is 0 Å². The van der Waals surface area contributed by atoms with E-state index in [4.69, 9.17) is 22.7 Å². The summed E-state index contributed by atoms with van der Waals surface area (Å²) in [6, 6.07) is 0. The normalized spacial score (nSPS) is 16.9. The van der Waals surface area contributed by atoms with Crippen molar-refractivity contribution < 1.29 is 9.53 Å². The summed E-state index contributed by atoms with van der Waals surface area (Å²) in [5.74, 6) is 0. The third-order valence-electron chi connectivity index (χ3n) is 2.80. The quantitative estimate of drug-likeness (QED) is 0.741. The number of piperazine rings is 1. The molecule has 0 saturated carbocycles. The number of rotatable bonds is 5. The van der Waals surface area contributed by atoms with Crippen LogP contribution in [-0.2, 0) is 4.74 Å². The maximum absolute atomic E-state index is 11.5. The van der Waals surface area contributed by atoms with Crippen LogP contribution in [0, 0.1) is 0 Å². The highest BCUT2D eigenvalue weighted by atomic mass is 32.1. The summed E-state index contributed by atoms with van der Waals surface area (Å²) >= 11 is 4.83. The molecular formula is C11H21N3O2S. The Hall–Kier alpha value is -0.880. The van der Waals surface area contributed by atoms with Crippen molar-refractivity contribution in [3.63, 3.8) is 0 Å². The van der Waals surface area contributed by atoms with Crippen LogP contribution in [0.4, 0.5) is 4.79 Å². The van der Waals surface area contributed by atoms with Crippen molar-refractivity contribution in [2.24, 2.45) is 5.73 Å². The van der Waals surface area contributed by atoms with Gasteiger partial charge in [0.05, 0.1) is 11.6 Å². The van der Waals surface area contributed by atoms with Crippen LogP contribution in [0.3, 0.4) is 0 Å². The number of nitrogens with two attached hydrogens (primary N) is 1. The summed E-state index contributed by atoms with van der Waals surface area (Å²) in [6.45, 7) is 6.54. The second-order valence-corrected chi connectivity index (χ2v) is 4.62. The third kappa shape index (κ3) is 5.32. The SMILES string of the molecule is CCOC(=O)N1CCN(CCCC(N)=S)CC1. The Bertz CT molecular complexity index is 265. The molecule has 0 spiro atoms. The van der Waals surface area contributed by atoms with Crippen LogP contribution >= 0.6 is 12.2 Å². The number of ether oxygens (including phenoxy) is 1. The van der Waals surface area contributed by atoms with Crippen LogP contribution in [0.5, 0.6) is 0 Å². The van der Waals surface area contributed by atoms with E-state index in [1.165, 1.54) is 0 Å². The first-order valence-electron chi connectivity index (χ1n) is 6.06. The molecule has 1 rings (SSSR count). The van der Waals surface area contributed by atoms with Gasteiger partial charge in [0, 0.05) is 26.2 Å². The predicted octanol–water partition coefficient (Wildman–Crippen LogP) is 0.827. The van der Waals surface area contributed by atoms with E-state index in [1.807, 2.05) is 6.92 Å². The number of hydrogen-bond acceptors (Lipinski definition) is 4. The third-order valence-corrected chi connectivity index (χ3v) is 3.00. The van der Waals surface area contributed by atoms with Gasteiger partial charge in [-0.15, -0.1) is 0 Å². The van der Waals surface area contributed by atoms with E-state index in [-0.39, 0.29) is 6.09 Å². The van der Waals surface area contributed by atoms with Gasteiger partial charge in [-0.25, -0.2) is 4.79 Å². The summed E-state index contributed by atoms with van der Waals surface area (Å²) in [5, 5.41) is 0. The molecule has 98 valence electrons. The molecule has 0 aromatic heterocycles. The number of nitrogens with zero attached hydrogens (tertiary/aromatic N) is 2. The molecule has 0 radical (unpaired) electrons. The van der Waals surface area contributed by atoms with Crippen molar-refractivity contribution in [1.82, 2.24) is 9.80 Å². The van der Waals surface area contributed by atoms with Crippen molar-refractivity contribution in [2.75, 3.05) is 39.3 Å². The number of hydrogen-bond donors (Lipinski definition) is 1. The topological polar surface area (TPSA) is 58.8 Å². The summed E-state index contributed by atoms with van der Waals surface area (Å²) in [6.07, 6.45) is 1.60. The van der Waals surface area contributed by atoms with Gasteiger partial charge in [0.15, 0.2) is 0 Å². The van der Waals surface area contributed by atoms with Crippen LogP contribution in [0.2, 0.25) is 0 Å². The molecule has 1 saturated heterocycles. The van der Waals surface area contributed by atoms with Crippen molar-refractivity contribution in [1.29, 1.82) is 0 Å². The van der Waals surface area contributed by atoms with Gasteiger partial charge in [-0.1, -0.05) is 12.2 Å². The van der Waals surface area contributed by atoms with E-state index >= 15 is 0 Å². The lowest BCUT2D eigenvalue weighted by atomic mass is 10.2. The Morgan fingerprint density at radius 1 is 1.35 bits per heavy atom. The molecule has 0 bridgehead atoms. The Morgan fingerprint density at radius 3 is 2.53 bits per heavy atom. The fourth-order valence-electron chi connectivity index (χ4n) is 1.85. The fourth-order valence-corrected chi connectivity index (χ4v) is 1.99. The zero-order chi connectivity index (χ0) is 12.7. The van der Waals surface area contributed by atoms with Gasteiger partial charge in [0.25, 0.3) is 0 Å². The molecule has 0 aliphatic carbocycles. The number of thiocarbonyl (C=S) groups is 1. The zero-order valence-corrected chi connectivity index (χ0v) is 11.2. The number of carbonyl (C=O) groups excluding carboxylic acids is 1. The van der Waals surface area contributed by atoms with Gasteiger partial charge < -0.3 is 15.4 Å². The van der Waals surface area contributed by atoms with Gasteiger partial charge in [-0.2, -0.15) is 0 Å². The standard InChI is InChI=1S/C11H21N3O2S/c1-2-16-11(15)14-8-6-13(7-9-14)5-3-4-10(12)17/h2-9H2,1H3,(H2,12,17). The molecule has 5 nitrogen and oxygen atoms in total. The molecule has 0 aromatic carbocycles. The van der Waals surface area contributed by atoms with Crippen LogP contribution in [-0.4, -0.2) is 60.2 Å². The summed E-state index contributed by atoms with van der Waals surface area (Å²) < 4.78 is 4.96. The Kier molecular flexibility index (Phi) is 6.21. The summed E-state index contributed by atoms with van der Waals surface area (Å²) in [5.41, 5.74) is 5.45. The predicted molar refractivity (Wildman–Crippen MR) is 71.1 cm³/mol. The highest BCUT2D eigenvalue weighted by molar-refractivity contribution is 7.80. The van der Waals surface area contributed by atoms with E-state index < -0.39 is 0 Å². The minimum absolute atomic E-state index is 0.199. The molecule has 1 amide bonds. The van der Waals surface area contributed by atoms with E-state index in [1.54, 1.807) is 4.90 Å². The summed E-state index contributed by atoms with van der Waals surface area (Å²) in [4.78, 5) is 16.1. The van der Waals surface area contributed by atoms with Gasteiger partial charge in [-0.05, 0) is 26.3 Å². The van der Waals surface area contributed by atoms with Gasteiger partial charge in [0.2, 0.25) is 0 Å². The van der Waals surface area contributed by atoms with Gasteiger partial charge in [0.1, 0.15) is 0 Å². The molecule has 1 heterocycles. The van der Waals surface area contributed by atoms with E-state index in [0.29, 0.717) is 11.6 Å². The first-order chi connectivity index (χ1) is 8.13. The van der Waals surface area contributed by atoms with Crippen molar-refractivity contribution in [2.45, 2.75) is 19.8 Å². The van der Waals surface area contributed by atoms with Crippen LogP contribution in [0.1, 0.15) is 19.8 Å². The lowest BCUT2D eigenvalue weighted by molar-refractivity contribution is 0.0795. The van der Waals surface area contributed by atoms with E-state index in [9.17, 15) is 4.79 Å². The zero-order valence-electron chi connectivity index (χ0n) is 10.4. The average Bonchev–Trinajstić information content (AvgIpc) is 2.30. The fraction of sp³-hybridized carbons (Fsp3) is 0.818. The van der Waals surface area contributed by atoms with Crippen LogP contribution in [0.15, 0.2) is 0 Å². The molecular weight excluding hydrogens is 238 g/mol. The monoisotopic (exact) mass is 259 g/mol. The molecule has 0 aromatic rings. The Balaban J connectivity index is 2.17. The minimum Gasteiger partial charge on any atom is -0.450 e. The summed E-state index contributed by atoms with van der Waals surface area (Å²) in [7, 11) is 0. The minimum atomic E-state index is -0.199. The molecule has 1 fully saturated rings. The van der Waals surface area contributed by atoms with Crippen molar-refractivity contribution in [3.05, 3.63) is 0 Å². The highest BCUT2D eigenvalue weighted by Gasteiger charge is 2.21. The first kappa shape index (κ1) is 14.2.